The Morgan fingerprint density at radius 2 is 1.89 bits per heavy atom. The molecule has 146 valence electrons. The number of para-hydroxylation sites is 2. The van der Waals surface area contributed by atoms with Gasteiger partial charge in [-0.15, -0.1) is 0 Å². The van der Waals surface area contributed by atoms with Crippen molar-refractivity contribution in [2.45, 2.75) is 32.4 Å². The minimum absolute atomic E-state index is 0.0739. The van der Waals surface area contributed by atoms with E-state index in [1.807, 2.05) is 6.07 Å². The third-order valence-corrected chi connectivity index (χ3v) is 4.38. The van der Waals surface area contributed by atoms with E-state index in [4.69, 9.17) is 20.8 Å². The number of ether oxygens (including phenoxy) is 1. The van der Waals surface area contributed by atoms with Crippen LogP contribution in [0.25, 0.3) is 11.1 Å². The number of hydrogen-bond donors (Lipinski definition) is 1. The molecule has 0 spiro atoms. The Kier molecular flexibility index (Phi) is 6.16. The molecule has 0 aliphatic carbocycles. The predicted octanol–water partition coefficient (Wildman–Crippen LogP) is 3.60. The number of benzene rings is 2. The van der Waals surface area contributed by atoms with E-state index in [-0.39, 0.29) is 6.42 Å². The standard InChI is InChI=1S/C20H19ClN2O5/c1-13(19(25)22-15-10-8-14(21)9-11-15)27-18(24)7-4-12-23-16-5-2-3-6-17(16)28-20(23)26/h2-3,5-6,8-11,13H,4,7,12H2,1H3,(H,22,25). The summed E-state index contributed by atoms with van der Waals surface area (Å²) >= 11 is 5.80. The molecule has 2 aromatic carbocycles. The SMILES string of the molecule is CC(OC(=O)CCCn1c(=O)oc2ccccc21)C(=O)Nc1ccc(Cl)cc1. The van der Waals surface area contributed by atoms with Crippen LogP contribution in [0.1, 0.15) is 19.8 Å². The predicted molar refractivity (Wildman–Crippen MR) is 105 cm³/mol. The number of carbonyl (C=O) groups excluding carboxylic acids is 2. The Bertz CT molecular complexity index is 1040. The third kappa shape index (κ3) is 4.80. The molecule has 3 rings (SSSR count). The van der Waals surface area contributed by atoms with Crippen LogP contribution in [0, 0.1) is 0 Å². The molecule has 1 unspecified atom stereocenters. The van der Waals surface area contributed by atoms with Gasteiger partial charge >= 0.3 is 11.7 Å². The number of nitrogens with zero attached hydrogens (tertiary/aromatic N) is 1. The van der Waals surface area contributed by atoms with E-state index >= 15 is 0 Å². The van der Waals surface area contributed by atoms with E-state index in [0.717, 1.165) is 0 Å². The molecule has 1 atom stereocenters. The molecule has 7 nitrogen and oxygen atoms in total. The van der Waals surface area contributed by atoms with Gasteiger partial charge in [-0.3, -0.25) is 14.2 Å². The summed E-state index contributed by atoms with van der Waals surface area (Å²) in [7, 11) is 0. The second-order valence-electron chi connectivity index (χ2n) is 6.22. The van der Waals surface area contributed by atoms with E-state index < -0.39 is 23.7 Å². The van der Waals surface area contributed by atoms with Gasteiger partial charge < -0.3 is 14.5 Å². The number of hydrogen-bond acceptors (Lipinski definition) is 5. The van der Waals surface area contributed by atoms with Crippen LogP contribution >= 0.6 is 11.6 Å². The second kappa shape index (κ2) is 8.75. The summed E-state index contributed by atoms with van der Waals surface area (Å²) in [5, 5.41) is 3.21. The van der Waals surface area contributed by atoms with Gasteiger partial charge in [-0.2, -0.15) is 0 Å². The zero-order valence-electron chi connectivity index (χ0n) is 15.2. The zero-order chi connectivity index (χ0) is 20.1. The molecule has 0 fully saturated rings. The molecule has 8 heteroatoms. The monoisotopic (exact) mass is 402 g/mol. The molecule has 1 N–H and O–H groups in total. The number of fused-ring (bicyclic) bond motifs is 1. The van der Waals surface area contributed by atoms with Crippen molar-refractivity contribution in [1.82, 2.24) is 4.57 Å². The van der Waals surface area contributed by atoms with Crippen molar-refractivity contribution in [2.75, 3.05) is 5.32 Å². The van der Waals surface area contributed by atoms with Crippen LogP contribution in [0.5, 0.6) is 0 Å². The number of anilines is 1. The lowest BCUT2D eigenvalue weighted by Gasteiger charge is -2.13. The molecule has 0 aliphatic rings. The van der Waals surface area contributed by atoms with Crippen molar-refractivity contribution in [1.29, 1.82) is 0 Å². The smallest absolute Gasteiger partial charge is 0.419 e. The van der Waals surface area contributed by atoms with Crippen molar-refractivity contribution in [3.05, 3.63) is 64.1 Å². The number of rotatable bonds is 7. The van der Waals surface area contributed by atoms with Crippen LogP contribution in [0.3, 0.4) is 0 Å². The van der Waals surface area contributed by atoms with Gasteiger partial charge in [0.25, 0.3) is 5.91 Å². The molecule has 0 radical (unpaired) electrons. The fraction of sp³-hybridized carbons (Fsp3) is 0.250. The molecule has 0 bridgehead atoms. The summed E-state index contributed by atoms with van der Waals surface area (Å²) < 4.78 is 11.8. The number of nitrogens with one attached hydrogen (secondary N) is 1. The van der Waals surface area contributed by atoms with Crippen LogP contribution in [0.15, 0.2) is 57.7 Å². The number of oxazole rings is 1. The lowest BCUT2D eigenvalue weighted by atomic mass is 10.2. The molecule has 1 aromatic heterocycles. The summed E-state index contributed by atoms with van der Waals surface area (Å²) in [6, 6.07) is 13.7. The Morgan fingerprint density at radius 1 is 1.18 bits per heavy atom. The maximum atomic E-state index is 12.1. The second-order valence-corrected chi connectivity index (χ2v) is 6.66. The summed E-state index contributed by atoms with van der Waals surface area (Å²) in [5.41, 5.74) is 1.74. The topological polar surface area (TPSA) is 90.5 Å². The van der Waals surface area contributed by atoms with E-state index in [9.17, 15) is 14.4 Å². The van der Waals surface area contributed by atoms with Crippen LogP contribution in [0.4, 0.5) is 5.69 Å². The number of aromatic nitrogens is 1. The summed E-state index contributed by atoms with van der Waals surface area (Å²) in [4.78, 5) is 36.0. The third-order valence-electron chi connectivity index (χ3n) is 4.13. The maximum absolute atomic E-state index is 12.1. The van der Waals surface area contributed by atoms with Crippen molar-refractivity contribution in [2.24, 2.45) is 0 Å². The molecular formula is C20H19ClN2O5. The summed E-state index contributed by atoms with van der Waals surface area (Å²) in [6.45, 7) is 1.81. The van der Waals surface area contributed by atoms with Crippen LogP contribution in [0.2, 0.25) is 5.02 Å². The maximum Gasteiger partial charge on any atom is 0.419 e. The summed E-state index contributed by atoms with van der Waals surface area (Å²) in [5.74, 6) is -1.42. The molecule has 0 saturated carbocycles. The fourth-order valence-electron chi connectivity index (χ4n) is 2.69. The largest absolute Gasteiger partial charge is 0.453 e. The lowest BCUT2D eigenvalue weighted by Crippen LogP contribution is -2.30. The van der Waals surface area contributed by atoms with Gasteiger partial charge in [0.15, 0.2) is 11.7 Å². The van der Waals surface area contributed by atoms with Crippen molar-refractivity contribution < 1.29 is 18.7 Å². The first kappa shape index (κ1) is 19.7. The van der Waals surface area contributed by atoms with Crippen molar-refractivity contribution in [3.63, 3.8) is 0 Å². The van der Waals surface area contributed by atoms with E-state index in [1.165, 1.54) is 11.5 Å². The average molecular weight is 403 g/mol. The molecule has 1 heterocycles. The van der Waals surface area contributed by atoms with Gasteiger partial charge in [0.2, 0.25) is 0 Å². The zero-order valence-corrected chi connectivity index (χ0v) is 15.9. The van der Waals surface area contributed by atoms with E-state index in [0.29, 0.717) is 34.8 Å². The highest BCUT2D eigenvalue weighted by molar-refractivity contribution is 6.30. The average Bonchev–Trinajstić information content (AvgIpc) is 2.99. The first-order valence-electron chi connectivity index (χ1n) is 8.78. The Morgan fingerprint density at radius 3 is 2.64 bits per heavy atom. The van der Waals surface area contributed by atoms with Crippen molar-refractivity contribution >= 4 is 40.3 Å². The van der Waals surface area contributed by atoms with Gasteiger partial charge in [-0.05, 0) is 49.7 Å². The molecular weight excluding hydrogens is 384 g/mol. The molecule has 1 amide bonds. The van der Waals surface area contributed by atoms with Gasteiger partial charge in [0.1, 0.15) is 0 Å². The van der Waals surface area contributed by atoms with Crippen molar-refractivity contribution in [3.8, 4) is 0 Å². The molecule has 0 aliphatic heterocycles. The van der Waals surface area contributed by atoms with E-state index in [1.54, 1.807) is 42.5 Å². The van der Waals surface area contributed by atoms with Gasteiger partial charge in [-0.1, -0.05) is 23.7 Å². The fourth-order valence-corrected chi connectivity index (χ4v) is 2.82. The lowest BCUT2D eigenvalue weighted by molar-refractivity contribution is -0.153. The number of esters is 1. The molecule has 3 aromatic rings. The quantitative estimate of drug-likeness (QED) is 0.610. The minimum atomic E-state index is -0.944. The number of aryl methyl sites for hydroxylation is 1. The number of carbonyl (C=O) groups is 2. The summed E-state index contributed by atoms with van der Waals surface area (Å²) in [6.07, 6.45) is -0.487. The molecule has 0 saturated heterocycles. The Hall–Kier alpha value is -3.06. The Balaban J connectivity index is 1.48. The molecule has 28 heavy (non-hydrogen) atoms. The highest BCUT2D eigenvalue weighted by Crippen LogP contribution is 2.15. The highest BCUT2D eigenvalue weighted by atomic mass is 35.5. The minimum Gasteiger partial charge on any atom is -0.453 e. The van der Waals surface area contributed by atoms with Crippen LogP contribution in [-0.2, 0) is 20.9 Å². The Labute approximate surface area is 165 Å². The van der Waals surface area contributed by atoms with Gasteiger partial charge in [0, 0.05) is 23.7 Å². The number of halogens is 1. The first-order chi connectivity index (χ1) is 13.4. The normalized spacial score (nSPS) is 11.9. The van der Waals surface area contributed by atoms with E-state index in [2.05, 4.69) is 5.32 Å². The highest BCUT2D eigenvalue weighted by Gasteiger charge is 2.18. The number of amides is 1. The van der Waals surface area contributed by atoms with Crippen LogP contribution in [-0.4, -0.2) is 22.5 Å². The van der Waals surface area contributed by atoms with Gasteiger partial charge in [0.05, 0.1) is 5.52 Å². The first-order valence-corrected chi connectivity index (χ1v) is 9.16. The van der Waals surface area contributed by atoms with Crippen LogP contribution < -0.4 is 11.1 Å². The van der Waals surface area contributed by atoms with Gasteiger partial charge in [-0.25, -0.2) is 4.79 Å².